The van der Waals surface area contributed by atoms with Crippen LogP contribution < -0.4 is 0 Å². The van der Waals surface area contributed by atoms with Crippen LogP contribution in [0.15, 0.2) is 11.1 Å². The highest BCUT2D eigenvalue weighted by Gasteiger charge is 2.19. The normalized spacial score (nSPS) is 11.8. The molecule has 0 heterocycles. The summed E-state index contributed by atoms with van der Waals surface area (Å²) in [5, 5.41) is 0. The van der Waals surface area contributed by atoms with E-state index in [4.69, 9.17) is 9.47 Å². The number of carbonyl (C=O) groups excluding carboxylic acids is 2. The highest BCUT2D eigenvalue weighted by atomic mass is 16.5. The number of hydrogen-bond acceptors (Lipinski definition) is 4. The van der Waals surface area contributed by atoms with Crippen LogP contribution in [0.4, 0.5) is 0 Å². The largest absolute Gasteiger partial charge is 0.463 e. The van der Waals surface area contributed by atoms with Crippen molar-refractivity contribution in [2.24, 2.45) is 0 Å². The van der Waals surface area contributed by atoms with Gasteiger partial charge in [0.15, 0.2) is 0 Å². The van der Waals surface area contributed by atoms with Gasteiger partial charge in [0.2, 0.25) is 0 Å². The van der Waals surface area contributed by atoms with Gasteiger partial charge in [-0.3, -0.25) is 0 Å². The van der Waals surface area contributed by atoms with E-state index in [0.717, 1.165) is 12.8 Å². The monoisotopic (exact) mass is 298 g/mol. The Kier molecular flexibility index (Phi) is 11.6. The first-order valence-corrected chi connectivity index (χ1v) is 8.12. The Hall–Kier alpha value is -1.32. The number of esters is 2. The first-order valence-electron chi connectivity index (χ1n) is 8.12. The fraction of sp³-hybridized carbons (Fsp3) is 0.765. The second-order valence-corrected chi connectivity index (χ2v) is 5.06. The van der Waals surface area contributed by atoms with E-state index in [1.165, 1.54) is 25.7 Å². The molecular weight excluding hydrogens is 268 g/mol. The lowest BCUT2D eigenvalue weighted by Crippen LogP contribution is -2.15. The highest BCUT2D eigenvalue weighted by molar-refractivity contribution is 5.99. The Morgan fingerprint density at radius 1 is 0.762 bits per heavy atom. The van der Waals surface area contributed by atoms with Gasteiger partial charge < -0.3 is 9.47 Å². The summed E-state index contributed by atoms with van der Waals surface area (Å²) in [4.78, 5) is 23.8. The Morgan fingerprint density at radius 3 is 1.86 bits per heavy atom. The van der Waals surface area contributed by atoms with E-state index in [9.17, 15) is 9.59 Å². The molecule has 4 heteroatoms. The van der Waals surface area contributed by atoms with E-state index < -0.39 is 11.9 Å². The van der Waals surface area contributed by atoms with Gasteiger partial charge in [0.1, 0.15) is 0 Å². The van der Waals surface area contributed by atoms with Gasteiger partial charge in [-0.15, -0.1) is 0 Å². The number of ether oxygens (including phenoxy) is 2. The minimum absolute atomic E-state index is 0.309. The first-order chi connectivity index (χ1) is 10.1. The molecule has 0 bridgehead atoms. The maximum atomic E-state index is 12.0. The average molecular weight is 298 g/mol. The van der Waals surface area contributed by atoms with Crippen LogP contribution in [-0.4, -0.2) is 25.2 Å². The van der Waals surface area contributed by atoms with Crippen molar-refractivity contribution in [2.75, 3.05) is 13.2 Å². The van der Waals surface area contributed by atoms with Gasteiger partial charge in [0, 0.05) is 11.1 Å². The molecule has 0 spiro atoms. The van der Waals surface area contributed by atoms with Gasteiger partial charge >= 0.3 is 11.9 Å². The van der Waals surface area contributed by atoms with Gasteiger partial charge in [0.05, 0.1) is 13.2 Å². The van der Waals surface area contributed by atoms with Gasteiger partial charge in [0.25, 0.3) is 0 Å². The second kappa shape index (κ2) is 12.4. The van der Waals surface area contributed by atoms with E-state index in [1.54, 1.807) is 20.8 Å². The van der Waals surface area contributed by atoms with E-state index >= 15 is 0 Å². The molecule has 0 unspecified atom stereocenters. The zero-order valence-corrected chi connectivity index (χ0v) is 14.0. The van der Waals surface area contributed by atoms with Crippen molar-refractivity contribution in [1.82, 2.24) is 0 Å². The maximum Gasteiger partial charge on any atom is 0.334 e. The lowest BCUT2D eigenvalue weighted by atomic mass is 10.0. The van der Waals surface area contributed by atoms with E-state index in [-0.39, 0.29) is 0 Å². The van der Waals surface area contributed by atoms with Gasteiger partial charge in [-0.25, -0.2) is 9.59 Å². The molecule has 0 N–H and O–H groups in total. The van der Waals surface area contributed by atoms with Crippen LogP contribution in [0.1, 0.15) is 72.6 Å². The molecule has 0 aliphatic rings. The molecule has 4 nitrogen and oxygen atoms in total. The molecule has 0 fully saturated rings. The van der Waals surface area contributed by atoms with Crippen LogP contribution in [0.5, 0.6) is 0 Å². The van der Waals surface area contributed by atoms with Crippen molar-refractivity contribution in [3.05, 3.63) is 11.1 Å². The minimum Gasteiger partial charge on any atom is -0.463 e. The summed E-state index contributed by atoms with van der Waals surface area (Å²) in [6, 6.07) is 0. The number of carbonyl (C=O) groups is 2. The molecular formula is C17H30O4. The molecule has 0 radical (unpaired) electrons. The van der Waals surface area contributed by atoms with Crippen LogP contribution in [0.25, 0.3) is 0 Å². The summed E-state index contributed by atoms with van der Waals surface area (Å²) in [5.41, 5.74) is 0.842. The molecule has 0 saturated heterocycles. The quantitative estimate of drug-likeness (QED) is 0.326. The summed E-state index contributed by atoms with van der Waals surface area (Å²) in [7, 11) is 0. The molecule has 21 heavy (non-hydrogen) atoms. The van der Waals surface area contributed by atoms with E-state index in [2.05, 4.69) is 6.92 Å². The summed E-state index contributed by atoms with van der Waals surface area (Å²) >= 11 is 0. The highest BCUT2D eigenvalue weighted by Crippen LogP contribution is 2.18. The second-order valence-electron chi connectivity index (χ2n) is 5.06. The third-order valence-corrected chi connectivity index (χ3v) is 3.34. The molecule has 0 aliphatic carbocycles. The van der Waals surface area contributed by atoms with Gasteiger partial charge in [-0.2, -0.15) is 0 Å². The van der Waals surface area contributed by atoms with Gasteiger partial charge in [-0.1, -0.05) is 39.0 Å². The molecule has 0 saturated carbocycles. The summed E-state index contributed by atoms with van der Waals surface area (Å²) in [5.74, 6) is -0.817. The summed E-state index contributed by atoms with van der Waals surface area (Å²) < 4.78 is 10.0. The Balaban J connectivity index is 4.56. The fourth-order valence-electron chi connectivity index (χ4n) is 2.11. The summed E-state index contributed by atoms with van der Waals surface area (Å²) in [6.45, 7) is 7.97. The molecule has 122 valence electrons. The standard InChI is InChI=1S/C17H30O4/c1-5-8-9-10-11-12-13-15(17(19)21-7-3)14(4)16(18)20-6-2/h5-13H2,1-4H3/b15-14-. The van der Waals surface area contributed by atoms with Crippen molar-refractivity contribution in [2.45, 2.75) is 72.6 Å². The molecule has 0 amide bonds. The molecule has 0 rings (SSSR count). The lowest BCUT2D eigenvalue weighted by molar-refractivity contribution is -0.141. The van der Waals surface area contributed by atoms with Crippen molar-refractivity contribution >= 4 is 11.9 Å². The van der Waals surface area contributed by atoms with Crippen LogP contribution in [0.2, 0.25) is 0 Å². The molecule has 0 aromatic carbocycles. The maximum absolute atomic E-state index is 12.0. The molecule has 0 aliphatic heterocycles. The van der Waals surface area contributed by atoms with Crippen LogP contribution in [0, 0.1) is 0 Å². The Bertz CT molecular complexity index is 345. The topological polar surface area (TPSA) is 52.6 Å². The zero-order valence-electron chi connectivity index (χ0n) is 14.0. The Morgan fingerprint density at radius 2 is 1.29 bits per heavy atom. The predicted octanol–water partition coefficient (Wildman–Crippen LogP) is 4.18. The zero-order chi connectivity index (χ0) is 16.1. The average Bonchev–Trinajstić information content (AvgIpc) is 2.46. The van der Waals surface area contributed by atoms with Crippen LogP contribution in [-0.2, 0) is 19.1 Å². The minimum atomic E-state index is -0.425. The first kappa shape index (κ1) is 19.7. The van der Waals surface area contributed by atoms with Crippen molar-refractivity contribution in [3.63, 3.8) is 0 Å². The summed E-state index contributed by atoms with van der Waals surface area (Å²) in [6.07, 6.45) is 7.41. The Labute approximate surface area is 128 Å². The van der Waals surface area contributed by atoms with Crippen LogP contribution >= 0.6 is 0 Å². The third-order valence-electron chi connectivity index (χ3n) is 3.34. The molecule has 0 atom stereocenters. The molecule has 0 aromatic heterocycles. The van der Waals surface area contributed by atoms with E-state index in [1.807, 2.05) is 0 Å². The lowest BCUT2D eigenvalue weighted by Gasteiger charge is -2.11. The van der Waals surface area contributed by atoms with Crippen molar-refractivity contribution in [1.29, 1.82) is 0 Å². The van der Waals surface area contributed by atoms with Crippen molar-refractivity contribution in [3.8, 4) is 0 Å². The number of hydrogen-bond donors (Lipinski definition) is 0. The van der Waals surface area contributed by atoms with Gasteiger partial charge in [-0.05, 0) is 33.6 Å². The fourth-order valence-corrected chi connectivity index (χ4v) is 2.11. The number of unbranched alkanes of at least 4 members (excludes halogenated alkanes) is 5. The predicted molar refractivity (Wildman–Crippen MR) is 84.0 cm³/mol. The van der Waals surface area contributed by atoms with E-state index in [0.29, 0.717) is 30.8 Å². The molecule has 0 aromatic rings. The SMILES string of the molecule is CCCCCCCC/C(C(=O)OCC)=C(\C)C(=O)OCC. The third kappa shape index (κ3) is 8.53. The smallest absolute Gasteiger partial charge is 0.334 e. The van der Waals surface area contributed by atoms with Crippen LogP contribution in [0.3, 0.4) is 0 Å². The van der Waals surface area contributed by atoms with Crippen molar-refractivity contribution < 1.29 is 19.1 Å². The number of rotatable bonds is 11.